The van der Waals surface area contributed by atoms with E-state index in [9.17, 15) is 0 Å². The van der Waals surface area contributed by atoms with Gasteiger partial charge in [0, 0.05) is 28.9 Å². The van der Waals surface area contributed by atoms with Crippen molar-refractivity contribution in [1.82, 2.24) is 30.1 Å². The van der Waals surface area contributed by atoms with Crippen LogP contribution in [0.15, 0.2) is 35.0 Å². The van der Waals surface area contributed by atoms with E-state index in [-0.39, 0.29) is 0 Å². The van der Waals surface area contributed by atoms with E-state index in [1.807, 2.05) is 20.0 Å². The fourth-order valence-electron chi connectivity index (χ4n) is 2.43. The van der Waals surface area contributed by atoms with E-state index >= 15 is 0 Å². The molecule has 25 heavy (non-hydrogen) atoms. The number of aromatic nitrogens is 6. The van der Waals surface area contributed by atoms with Crippen molar-refractivity contribution in [1.29, 1.82) is 0 Å². The van der Waals surface area contributed by atoms with Gasteiger partial charge in [-0.15, -0.1) is 0 Å². The van der Waals surface area contributed by atoms with Gasteiger partial charge in [-0.05, 0) is 31.2 Å². The van der Waals surface area contributed by atoms with E-state index in [1.165, 1.54) is 0 Å². The van der Waals surface area contributed by atoms with Crippen LogP contribution in [0.1, 0.15) is 5.69 Å². The minimum atomic E-state index is 0.321. The quantitative estimate of drug-likeness (QED) is 0.582. The lowest BCUT2D eigenvalue weighted by atomic mass is 10.2. The molecule has 1 aromatic carbocycles. The van der Waals surface area contributed by atoms with Crippen molar-refractivity contribution in [2.24, 2.45) is 7.05 Å². The summed E-state index contributed by atoms with van der Waals surface area (Å²) in [6.07, 6.45) is 1.77. The molecule has 0 saturated carbocycles. The zero-order valence-electron chi connectivity index (χ0n) is 13.3. The molecule has 4 rings (SSSR count). The first kappa shape index (κ1) is 15.9. The van der Waals surface area contributed by atoms with Crippen LogP contribution in [-0.2, 0) is 7.05 Å². The highest BCUT2D eigenvalue weighted by molar-refractivity contribution is 6.36. The highest BCUT2D eigenvalue weighted by atomic mass is 35.5. The van der Waals surface area contributed by atoms with Gasteiger partial charge in [0.25, 0.3) is 5.89 Å². The zero-order chi connectivity index (χ0) is 17.6. The predicted octanol–water partition coefficient (Wildman–Crippen LogP) is 4.14. The third kappa shape index (κ3) is 2.81. The van der Waals surface area contributed by atoms with Crippen LogP contribution in [0.25, 0.3) is 34.2 Å². The number of benzene rings is 1. The number of hydrogen-bond acceptors (Lipinski definition) is 5. The van der Waals surface area contributed by atoms with E-state index in [0.717, 1.165) is 17.0 Å². The Kier molecular flexibility index (Phi) is 3.82. The Hall–Kier alpha value is -2.64. The normalized spacial score (nSPS) is 11.2. The van der Waals surface area contributed by atoms with Crippen LogP contribution in [0.3, 0.4) is 0 Å². The van der Waals surface area contributed by atoms with Crippen molar-refractivity contribution in [2.45, 2.75) is 6.92 Å². The summed E-state index contributed by atoms with van der Waals surface area (Å²) in [4.78, 5) is 4.38. The van der Waals surface area contributed by atoms with Crippen LogP contribution in [0, 0.1) is 6.92 Å². The minimum Gasteiger partial charge on any atom is -0.332 e. The molecule has 9 heteroatoms. The number of aromatic amines is 1. The molecule has 0 aliphatic rings. The molecule has 3 aromatic heterocycles. The molecule has 0 atom stereocenters. The van der Waals surface area contributed by atoms with Crippen molar-refractivity contribution in [3.63, 3.8) is 0 Å². The zero-order valence-corrected chi connectivity index (χ0v) is 14.8. The second-order valence-electron chi connectivity index (χ2n) is 5.48. The lowest BCUT2D eigenvalue weighted by Gasteiger charge is -1.98. The summed E-state index contributed by atoms with van der Waals surface area (Å²) in [5.74, 6) is 0.701. The summed E-state index contributed by atoms with van der Waals surface area (Å²) in [5, 5.41) is 16.4. The molecule has 1 N–H and O–H groups in total. The maximum atomic E-state index is 6.19. The molecule has 4 aromatic rings. The Bertz CT molecular complexity index is 1060. The van der Waals surface area contributed by atoms with Crippen molar-refractivity contribution in [3.05, 3.63) is 46.2 Å². The average molecular weight is 375 g/mol. The standard InChI is InChI=1S/C16H12Cl2N6O/c1-8-11(7-19-24(8)2)13-6-14(22-21-13)16-20-15(23-25-16)10-4-3-9(17)5-12(10)18/h3-7H,1-2H3,(H,21,22). The number of halogens is 2. The summed E-state index contributed by atoms with van der Waals surface area (Å²) in [6, 6.07) is 6.94. The van der Waals surface area contributed by atoms with Gasteiger partial charge < -0.3 is 4.52 Å². The van der Waals surface area contributed by atoms with Crippen molar-refractivity contribution >= 4 is 23.2 Å². The van der Waals surface area contributed by atoms with Gasteiger partial charge in [0.2, 0.25) is 5.82 Å². The van der Waals surface area contributed by atoms with Crippen LogP contribution < -0.4 is 0 Å². The molecule has 0 aliphatic carbocycles. The van der Waals surface area contributed by atoms with E-state index in [1.54, 1.807) is 29.1 Å². The van der Waals surface area contributed by atoms with E-state index in [0.29, 0.717) is 33.0 Å². The molecule has 3 heterocycles. The van der Waals surface area contributed by atoms with Crippen molar-refractivity contribution in [2.75, 3.05) is 0 Å². The smallest absolute Gasteiger partial charge is 0.276 e. The fraction of sp³-hybridized carbons (Fsp3) is 0.125. The summed E-state index contributed by atoms with van der Waals surface area (Å²) < 4.78 is 7.12. The first-order valence-electron chi connectivity index (χ1n) is 7.37. The minimum absolute atomic E-state index is 0.321. The summed E-state index contributed by atoms with van der Waals surface area (Å²) in [7, 11) is 1.88. The second kappa shape index (κ2) is 6.02. The highest BCUT2D eigenvalue weighted by Crippen LogP contribution is 2.30. The van der Waals surface area contributed by atoms with Gasteiger partial charge in [-0.2, -0.15) is 15.2 Å². The van der Waals surface area contributed by atoms with Gasteiger partial charge in [0.1, 0.15) is 5.69 Å². The predicted molar refractivity (Wildman–Crippen MR) is 94.3 cm³/mol. The van der Waals surface area contributed by atoms with Crippen LogP contribution in [0.2, 0.25) is 10.0 Å². The molecule has 0 fully saturated rings. The van der Waals surface area contributed by atoms with Gasteiger partial charge in [-0.3, -0.25) is 9.78 Å². The SMILES string of the molecule is Cc1c(-c2cc(-c3nc(-c4ccc(Cl)cc4Cl)no3)[nH]n2)cnn1C. The molecule has 126 valence electrons. The maximum Gasteiger partial charge on any atom is 0.276 e. The first-order valence-corrected chi connectivity index (χ1v) is 8.12. The monoisotopic (exact) mass is 374 g/mol. The topological polar surface area (TPSA) is 85.4 Å². The number of aryl methyl sites for hydroxylation is 1. The number of H-pyrrole nitrogens is 1. The molecule has 0 spiro atoms. The van der Waals surface area contributed by atoms with Gasteiger partial charge in [0.15, 0.2) is 0 Å². The number of nitrogens with one attached hydrogen (secondary N) is 1. The Morgan fingerprint density at radius 1 is 1.16 bits per heavy atom. The Balaban J connectivity index is 1.68. The Morgan fingerprint density at radius 3 is 2.72 bits per heavy atom. The van der Waals surface area contributed by atoms with Gasteiger partial charge in [-0.1, -0.05) is 28.4 Å². The van der Waals surface area contributed by atoms with Gasteiger partial charge in [-0.25, -0.2) is 0 Å². The lowest BCUT2D eigenvalue weighted by Crippen LogP contribution is -1.92. The maximum absolute atomic E-state index is 6.19. The number of nitrogens with zero attached hydrogens (tertiary/aromatic N) is 5. The van der Waals surface area contributed by atoms with Crippen LogP contribution in [-0.4, -0.2) is 30.1 Å². The highest BCUT2D eigenvalue weighted by Gasteiger charge is 2.17. The molecule has 0 unspecified atom stereocenters. The number of rotatable bonds is 3. The lowest BCUT2D eigenvalue weighted by molar-refractivity contribution is 0.431. The second-order valence-corrected chi connectivity index (χ2v) is 6.33. The van der Waals surface area contributed by atoms with Crippen molar-refractivity contribution in [3.8, 4) is 34.2 Å². The van der Waals surface area contributed by atoms with Crippen LogP contribution >= 0.6 is 23.2 Å². The third-order valence-corrected chi connectivity index (χ3v) is 4.47. The Labute approximate surface area is 152 Å². The molecule has 0 amide bonds. The molecule has 7 nitrogen and oxygen atoms in total. The van der Waals surface area contributed by atoms with Gasteiger partial charge in [0.05, 0.1) is 16.9 Å². The molecular weight excluding hydrogens is 363 g/mol. The first-order chi connectivity index (χ1) is 12.0. The molecule has 0 aliphatic heterocycles. The largest absolute Gasteiger partial charge is 0.332 e. The van der Waals surface area contributed by atoms with E-state index in [4.69, 9.17) is 27.7 Å². The summed E-state index contributed by atoms with van der Waals surface area (Å²) in [5.41, 5.74) is 3.96. The van der Waals surface area contributed by atoms with E-state index < -0.39 is 0 Å². The molecule has 0 saturated heterocycles. The molecule has 0 radical (unpaired) electrons. The fourth-order valence-corrected chi connectivity index (χ4v) is 2.93. The molecular formula is C16H12Cl2N6O. The van der Waals surface area contributed by atoms with Gasteiger partial charge >= 0.3 is 0 Å². The third-order valence-electron chi connectivity index (χ3n) is 3.92. The van der Waals surface area contributed by atoms with E-state index in [2.05, 4.69) is 25.4 Å². The average Bonchev–Trinajstić information content (AvgIpc) is 3.29. The Morgan fingerprint density at radius 2 is 2.00 bits per heavy atom. The van der Waals surface area contributed by atoms with Crippen LogP contribution in [0.5, 0.6) is 0 Å². The van der Waals surface area contributed by atoms with Crippen LogP contribution in [0.4, 0.5) is 0 Å². The molecule has 0 bridgehead atoms. The summed E-state index contributed by atoms with van der Waals surface area (Å²) >= 11 is 12.1. The van der Waals surface area contributed by atoms with Crippen molar-refractivity contribution < 1.29 is 4.52 Å². The number of hydrogen-bond donors (Lipinski definition) is 1. The summed E-state index contributed by atoms with van der Waals surface area (Å²) in [6.45, 7) is 1.98.